The number of fused-ring (bicyclic) bond motifs is 2. The number of hydrogen-bond donors (Lipinski definition) is 0. The summed E-state index contributed by atoms with van der Waals surface area (Å²) in [5.74, 6) is -0.755. The highest BCUT2D eigenvalue weighted by molar-refractivity contribution is 5.85. The summed E-state index contributed by atoms with van der Waals surface area (Å²) in [6.07, 6.45) is 5.53. The molecule has 0 N–H and O–H groups in total. The van der Waals surface area contributed by atoms with Crippen LogP contribution in [-0.4, -0.2) is 18.4 Å². The molecule has 2 aliphatic rings. The Balaban J connectivity index is 2.36. The molecule has 0 aromatic carbocycles. The molecular formula is C11H12O3. The SMILES string of the molecule is CC(=O)[C@@H]1[C@@H]2C=C[C@@H]([C@@H]2C=O)[C@@H]1C=O. The lowest BCUT2D eigenvalue weighted by Crippen LogP contribution is -2.26. The largest absolute Gasteiger partial charge is 0.303 e. The van der Waals surface area contributed by atoms with Gasteiger partial charge in [-0.3, -0.25) is 4.79 Å². The topological polar surface area (TPSA) is 51.2 Å². The molecule has 0 aromatic rings. The Labute approximate surface area is 82.2 Å². The van der Waals surface area contributed by atoms with E-state index in [9.17, 15) is 14.4 Å². The van der Waals surface area contributed by atoms with Crippen LogP contribution in [0.15, 0.2) is 12.2 Å². The number of aldehydes is 2. The van der Waals surface area contributed by atoms with Crippen molar-refractivity contribution in [3.63, 3.8) is 0 Å². The van der Waals surface area contributed by atoms with E-state index < -0.39 is 0 Å². The monoisotopic (exact) mass is 192 g/mol. The zero-order valence-electron chi connectivity index (χ0n) is 7.92. The van der Waals surface area contributed by atoms with Crippen molar-refractivity contribution < 1.29 is 14.4 Å². The minimum atomic E-state index is -0.280. The van der Waals surface area contributed by atoms with Gasteiger partial charge in [0.25, 0.3) is 0 Å². The lowest BCUT2D eigenvalue weighted by Gasteiger charge is -2.20. The lowest BCUT2D eigenvalue weighted by atomic mass is 9.82. The van der Waals surface area contributed by atoms with Crippen molar-refractivity contribution in [2.45, 2.75) is 6.92 Å². The summed E-state index contributed by atoms with van der Waals surface area (Å²) in [7, 11) is 0. The number of hydrogen-bond acceptors (Lipinski definition) is 3. The van der Waals surface area contributed by atoms with Crippen LogP contribution >= 0.6 is 0 Å². The van der Waals surface area contributed by atoms with Gasteiger partial charge in [-0.05, 0) is 18.8 Å². The maximum atomic E-state index is 11.4. The van der Waals surface area contributed by atoms with Crippen LogP contribution in [0.5, 0.6) is 0 Å². The average Bonchev–Trinajstić information content (AvgIpc) is 2.70. The van der Waals surface area contributed by atoms with Crippen molar-refractivity contribution in [2.75, 3.05) is 0 Å². The van der Waals surface area contributed by atoms with Gasteiger partial charge in [-0.15, -0.1) is 0 Å². The molecule has 1 fully saturated rings. The molecule has 3 nitrogen and oxygen atoms in total. The van der Waals surface area contributed by atoms with Crippen LogP contribution in [0.2, 0.25) is 0 Å². The van der Waals surface area contributed by atoms with Crippen molar-refractivity contribution in [3.05, 3.63) is 12.2 Å². The number of Topliss-reactive ketones (excluding diaryl/α,β-unsaturated/α-hetero) is 1. The molecule has 2 aliphatic carbocycles. The molecule has 3 heteroatoms. The van der Waals surface area contributed by atoms with E-state index in [1.165, 1.54) is 6.92 Å². The van der Waals surface area contributed by atoms with Gasteiger partial charge in [0.2, 0.25) is 0 Å². The molecule has 0 unspecified atom stereocenters. The highest BCUT2D eigenvalue weighted by Crippen LogP contribution is 2.50. The molecule has 0 aromatic heterocycles. The molecule has 2 rings (SSSR count). The van der Waals surface area contributed by atoms with Gasteiger partial charge in [-0.2, -0.15) is 0 Å². The molecule has 2 bridgehead atoms. The van der Waals surface area contributed by atoms with Gasteiger partial charge in [-0.1, -0.05) is 12.2 Å². The standard InChI is InChI=1S/C11H12O3/c1-6(14)11-8-3-2-7(9(8)4-12)10(11)5-13/h2-5,7-11H,1H3/t7-,8+,9-,10-,11+/m0/s1. The van der Waals surface area contributed by atoms with Crippen LogP contribution < -0.4 is 0 Å². The molecule has 0 amide bonds. The molecule has 74 valence electrons. The van der Waals surface area contributed by atoms with Crippen molar-refractivity contribution in [1.82, 2.24) is 0 Å². The first kappa shape index (κ1) is 9.31. The fraction of sp³-hybridized carbons (Fsp3) is 0.545. The Morgan fingerprint density at radius 3 is 2.07 bits per heavy atom. The minimum absolute atomic E-state index is 0.0193. The molecule has 0 aliphatic heterocycles. The minimum Gasteiger partial charge on any atom is -0.303 e. The Morgan fingerprint density at radius 2 is 1.64 bits per heavy atom. The molecular weight excluding hydrogens is 180 g/mol. The predicted molar refractivity (Wildman–Crippen MR) is 49.4 cm³/mol. The van der Waals surface area contributed by atoms with Crippen molar-refractivity contribution in [1.29, 1.82) is 0 Å². The smallest absolute Gasteiger partial charge is 0.134 e. The fourth-order valence-electron chi connectivity index (χ4n) is 2.91. The molecule has 0 radical (unpaired) electrons. The summed E-state index contributed by atoms with van der Waals surface area (Å²) >= 11 is 0. The second kappa shape index (κ2) is 3.15. The third kappa shape index (κ3) is 1.01. The molecule has 0 saturated heterocycles. The van der Waals surface area contributed by atoms with Gasteiger partial charge in [-0.25, -0.2) is 0 Å². The highest BCUT2D eigenvalue weighted by Gasteiger charge is 2.53. The zero-order chi connectivity index (χ0) is 10.3. The Morgan fingerprint density at radius 1 is 1.07 bits per heavy atom. The molecule has 5 atom stereocenters. The number of ketones is 1. The van der Waals surface area contributed by atoms with E-state index in [0.29, 0.717) is 0 Å². The van der Waals surface area contributed by atoms with Gasteiger partial charge in [0.05, 0.1) is 0 Å². The summed E-state index contributed by atoms with van der Waals surface area (Å²) in [4.78, 5) is 33.1. The number of carbonyl (C=O) groups is 3. The van der Waals surface area contributed by atoms with Gasteiger partial charge in [0.1, 0.15) is 18.4 Å². The third-order valence-corrected chi connectivity index (χ3v) is 3.50. The van der Waals surface area contributed by atoms with E-state index in [1.807, 2.05) is 12.2 Å². The van der Waals surface area contributed by atoms with Crippen LogP contribution in [0.1, 0.15) is 6.92 Å². The van der Waals surface area contributed by atoms with E-state index in [2.05, 4.69) is 0 Å². The van der Waals surface area contributed by atoms with E-state index in [0.717, 1.165) is 12.6 Å². The highest BCUT2D eigenvalue weighted by atomic mass is 16.1. The molecule has 14 heavy (non-hydrogen) atoms. The molecule has 0 heterocycles. The summed E-state index contributed by atoms with van der Waals surface area (Å²) in [5, 5.41) is 0. The van der Waals surface area contributed by atoms with Crippen molar-refractivity contribution in [3.8, 4) is 0 Å². The van der Waals surface area contributed by atoms with Crippen molar-refractivity contribution >= 4 is 18.4 Å². The average molecular weight is 192 g/mol. The fourth-order valence-corrected chi connectivity index (χ4v) is 2.91. The second-order valence-electron chi connectivity index (χ2n) is 4.10. The quantitative estimate of drug-likeness (QED) is 0.487. The summed E-state index contributed by atoms with van der Waals surface area (Å²) < 4.78 is 0. The van der Waals surface area contributed by atoms with Gasteiger partial charge < -0.3 is 9.59 Å². The zero-order valence-corrected chi connectivity index (χ0v) is 7.92. The van der Waals surface area contributed by atoms with Crippen LogP contribution in [0.4, 0.5) is 0 Å². The molecule has 1 saturated carbocycles. The molecule has 0 spiro atoms. The summed E-state index contributed by atoms with van der Waals surface area (Å²) in [6, 6.07) is 0. The summed E-state index contributed by atoms with van der Waals surface area (Å²) in [5.41, 5.74) is 0. The number of allylic oxidation sites excluding steroid dienone is 2. The van der Waals surface area contributed by atoms with Gasteiger partial charge in [0, 0.05) is 17.8 Å². The van der Waals surface area contributed by atoms with E-state index in [4.69, 9.17) is 0 Å². The Hall–Kier alpha value is -1.25. The predicted octanol–water partition coefficient (Wildman–Crippen LogP) is 0.638. The van der Waals surface area contributed by atoms with Crippen molar-refractivity contribution in [2.24, 2.45) is 29.6 Å². The number of rotatable bonds is 3. The Kier molecular flexibility index (Phi) is 2.10. The normalized spacial score (nSPS) is 43.9. The summed E-state index contributed by atoms with van der Waals surface area (Å²) in [6.45, 7) is 1.50. The van der Waals surface area contributed by atoms with E-state index in [-0.39, 0.29) is 35.4 Å². The first-order chi connectivity index (χ1) is 6.70. The van der Waals surface area contributed by atoms with Crippen LogP contribution in [-0.2, 0) is 14.4 Å². The van der Waals surface area contributed by atoms with E-state index in [1.54, 1.807) is 0 Å². The maximum absolute atomic E-state index is 11.4. The lowest BCUT2D eigenvalue weighted by molar-refractivity contribution is -0.126. The second-order valence-corrected chi connectivity index (χ2v) is 4.10. The first-order valence-corrected chi connectivity index (χ1v) is 4.80. The first-order valence-electron chi connectivity index (χ1n) is 4.80. The van der Waals surface area contributed by atoms with Gasteiger partial charge in [0.15, 0.2) is 0 Å². The number of carbonyl (C=O) groups excluding carboxylic acids is 3. The maximum Gasteiger partial charge on any atom is 0.134 e. The van der Waals surface area contributed by atoms with Crippen LogP contribution in [0, 0.1) is 29.6 Å². The van der Waals surface area contributed by atoms with E-state index >= 15 is 0 Å². The third-order valence-electron chi connectivity index (χ3n) is 3.50. The Bertz CT molecular complexity index is 316. The van der Waals surface area contributed by atoms with Gasteiger partial charge >= 0.3 is 0 Å². The van der Waals surface area contributed by atoms with Crippen LogP contribution in [0.25, 0.3) is 0 Å². The van der Waals surface area contributed by atoms with Crippen LogP contribution in [0.3, 0.4) is 0 Å².